The van der Waals surface area contributed by atoms with Gasteiger partial charge in [0.05, 0.1) is 30.0 Å². The van der Waals surface area contributed by atoms with Crippen LogP contribution in [0, 0.1) is 11.3 Å². The molecule has 8 heteroatoms. The number of carbonyl (C=O) groups is 1. The fraction of sp³-hybridized carbons (Fsp3) is 0.297. The number of nitrogens with zero attached hydrogens (tertiary/aromatic N) is 1. The van der Waals surface area contributed by atoms with Crippen LogP contribution in [-0.4, -0.2) is 19.2 Å². The molecule has 0 fully saturated rings. The van der Waals surface area contributed by atoms with Crippen LogP contribution < -0.4 is 14.8 Å². The fourth-order valence-electron chi connectivity index (χ4n) is 5.96. The number of aliphatic imine (C=N–C) groups is 1. The lowest BCUT2D eigenvalue weighted by Gasteiger charge is -2.33. The predicted molar refractivity (Wildman–Crippen MR) is 185 cm³/mol. The second-order valence-electron chi connectivity index (χ2n) is 12.5. The molecular weight excluding hydrogens is 648 g/mol. The first-order valence-electron chi connectivity index (χ1n) is 15.2. The SMILES string of the molecule is COc1cc(C=Nc2sc3c(c2C(=O)NCc2ccco2)CC[C@H](C(C)(C)C)C3)cc(Br)c1OCc1cccc2ccccc12. The number of thiophene rings is 1. The molecule has 0 saturated carbocycles. The van der Waals surface area contributed by atoms with E-state index in [0.29, 0.717) is 41.9 Å². The zero-order chi connectivity index (χ0) is 31.6. The molecule has 1 amide bonds. The van der Waals surface area contributed by atoms with Crippen molar-refractivity contribution in [2.75, 3.05) is 7.11 Å². The Bertz CT molecular complexity index is 1850. The number of furan rings is 1. The first-order valence-corrected chi connectivity index (χ1v) is 16.8. The smallest absolute Gasteiger partial charge is 0.255 e. The van der Waals surface area contributed by atoms with Crippen LogP contribution in [0.4, 0.5) is 5.00 Å². The van der Waals surface area contributed by atoms with Crippen molar-refractivity contribution < 1.29 is 18.7 Å². The van der Waals surface area contributed by atoms with Gasteiger partial charge in [-0.2, -0.15) is 0 Å². The summed E-state index contributed by atoms with van der Waals surface area (Å²) in [6, 6.07) is 22.1. The Labute approximate surface area is 276 Å². The number of nitrogens with one attached hydrogen (secondary N) is 1. The van der Waals surface area contributed by atoms with Gasteiger partial charge < -0.3 is 19.2 Å². The number of hydrogen-bond acceptors (Lipinski definition) is 6. The normalized spacial score (nSPS) is 14.9. The monoisotopic (exact) mass is 684 g/mol. The molecule has 3 aromatic carbocycles. The average molecular weight is 686 g/mol. The Morgan fingerprint density at radius 1 is 1.13 bits per heavy atom. The number of hydrogen-bond donors (Lipinski definition) is 1. The van der Waals surface area contributed by atoms with Crippen molar-refractivity contribution in [1.29, 1.82) is 0 Å². The lowest BCUT2D eigenvalue weighted by molar-refractivity contribution is 0.0947. The molecule has 2 aromatic heterocycles. The first-order chi connectivity index (χ1) is 21.7. The van der Waals surface area contributed by atoms with Gasteiger partial charge >= 0.3 is 0 Å². The molecule has 5 aromatic rings. The van der Waals surface area contributed by atoms with Crippen molar-refractivity contribution in [3.8, 4) is 11.5 Å². The fourth-order valence-corrected chi connectivity index (χ4v) is 7.80. The van der Waals surface area contributed by atoms with E-state index in [1.54, 1.807) is 30.9 Å². The van der Waals surface area contributed by atoms with Crippen molar-refractivity contribution in [3.63, 3.8) is 0 Å². The van der Waals surface area contributed by atoms with Gasteiger partial charge in [-0.15, -0.1) is 11.3 Å². The molecule has 1 N–H and O–H groups in total. The molecule has 0 bridgehead atoms. The van der Waals surface area contributed by atoms with Gasteiger partial charge in [0.1, 0.15) is 17.4 Å². The Kier molecular flexibility index (Phi) is 9.15. The summed E-state index contributed by atoms with van der Waals surface area (Å²) in [7, 11) is 1.63. The Hall–Kier alpha value is -3.88. The minimum Gasteiger partial charge on any atom is -0.493 e. The van der Waals surface area contributed by atoms with Crippen LogP contribution in [0.5, 0.6) is 11.5 Å². The maximum absolute atomic E-state index is 13.6. The largest absolute Gasteiger partial charge is 0.493 e. The molecule has 232 valence electrons. The van der Waals surface area contributed by atoms with E-state index in [9.17, 15) is 4.79 Å². The van der Waals surface area contributed by atoms with Gasteiger partial charge in [0.2, 0.25) is 0 Å². The summed E-state index contributed by atoms with van der Waals surface area (Å²) >= 11 is 5.33. The van der Waals surface area contributed by atoms with E-state index in [0.717, 1.165) is 50.8 Å². The van der Waals surface area contributed by atoms with Gasteiger partial charge in [-0.1, -0.05) is 63.2 Å². The molecular formula is C37H37BrN2O4S. The molecule has 1 atom stereocenters. The summed E-state index contributed by atoms with van der Waals surface area (Å²) in [4.78, 5) is 19.7. The molecule has 6 rings (SSSR count). The van der Waals surface area contributed by atoms with Crippen LogP contribution in [0.25, 0.3) is 10.8 Å². The highest BCUT2D eigenvalue weighted by Gasteiger charge is 2.33. The third-order valence-electron chi connectivity index (χ3n) is 8.54. The van der Waals surface area contributed by atoms with Gasteiger partial charge in [0.15, 0.2) is 11.5 Å². The lowest BCUT2D eigenvalue weighted by atomic mass is 9.72. The minimum absolute atomic E-state index is 0.124. The second kappa shape index (κ2) is 13.2. The van der Waals surface area contributed by atoms with Crippen molar-refractivity contribution in [1.82, 2.24) is 5.32 Å². The summed E-state index contributed by atoms with van der Waals surface area (Å²) in [6.45, 7) is 7.62. The van der Waals surface area contributed by atoms with Crippen LogP contribution >= 0.6 is 27.3 Å². The van der Waals surface area contributed by atoms with Gasteiger partial charge in [-0.25, -0.2) is 4.99 Å². The van der Waals surface area contributed by atoms with Crippen LogP contribution in [0.3, 0.4) is 0 Å². The maximum atomic E-state index is 13.6. The quantitative estimate of drug-likeness (QED) is 0.157. The number of ether oxygens (including phenoxy) is 2. The van der Waals surface area contributed by atoms with Gasteiger partial charge in [0, 0.05) is 11.1 Å². The van der Waals surface area contributed by atoms with Crippen molar-refractivity contribution in [2.24, 2.45) is 16.3 Å². The topological polar surface area (TPSA) is 73.1 Å². The van der Waals surface area contributed by atoms with Gasteiger partial charge in [-0.05, 0) is 98.3 Å². The lowest BCUT2D eigenvalue weighted by Crippen LogP contribution is -2.28. The highest BCUT2D eigenvalue weighted by atomic mass is 79.9. The van der Waals surface area contributed by atoms with E-state index in [1.807, 2.05) is 42.5 Å². The number of amides is 1. The highest BCUT2D eigenvalue weighted by Crippen LogP contribution is 2.45. The minimum atomic E-state index is -0.124. The van der Waals surface area contributed by atoms with E-state index in [4.69, 9.17) is 18.9 Å². The number of methoxy groups -OCH3 is 1. The molecule has 6 nitrogen and oxygen atoms in total. The molecule has 0 unspecified atom stereocenters. The Morgan fingerprint density at radius 3 is 2.73 bits per heavy atom. The van der Waals surface area contributed by atoms with Crippen molar-refractivity contribution in [3.05, 3.63) is 110 Å². The summed E-state index contributed by atoms with van der Waals surface area (Å²) < 4.78 is 18.2. The van der Waals surface area contributed by atoms with Crippen molar-refractivity contribution in [2.45, 2.75) is 53.2 Å². The van der Waals surface area contributed by atoms with E-state index >= 15 is 0 Å². The van der Waals surface area contributed by atoms with Gasteiger partial charge in [0.25, 0.3) is 5.91 Å². The third kappa shape index (κ3) is 6.87. The van der Waals surface area contributed by atoms with Gasteiger partial charge in [-0.3, -0.25) is 4.79 Å². The molecule has 0 spiro atoms. The molecule has 0 aliphatic heterocycles. The zero-order valence-corrected chi connectivity index (χ0v) is 28.4. The molecule has 1 aliphatic carbocycles. The summed E-state index contributed by atoms with van der Waals surface area (Å²) in [5.41, 5.74) is 3.93. The number of carbonyl (C=O) groups excluding carboxylic acids is 1. The highest BCUT2D eigenvalue weighted by molar-refractivity contribution is 9.10. The van der Waals surface area contributed by atoms with Crippen LogP contribution in [0.15, 0.2) is 86.9 Å². The number of benzene rings is 3. The van der Waals surface area contributed by atoms with E-state index in [-0.39, 0.29) is 11.3 Å². The van der Waals surface area contributed by atoms with Crippen LogP contribution in [0.2, 0.25) is 0 Å². The van der Waals surface area contributed by atoms with E-state index < -0.39 is 0 Å². The second-order valence-corrected chi connectivity index (χ2v) is 14.4. The first kappa shape index (κ1) is 31.1. The molecule has 45 heavy (non-hydrogen) atoms. The standard InChI is InChI=1S/C37H37BrN2O4S/c1-37(2,3)26-14-15-29-32(19-26)45-36(33(29)35(41)39-21-27-12-8-16-43-27)40-20-23-17-30(38)34(31(18-23)42-4)44-22-25-11-7-10-24-9-5-6-13-28(24)25/h5-13,16-18,20,26H,14-15,19,21-22H2,1-4H3,(H,39,41)/t26-/m0/s1. The predicted octanol–water partition coefficient (Wildman–Crippen LogP) is 9.68. The number of fused-ring (bicyclic) bond motifs is 2. The average Bonchev–Trinajstić information content (AvgIpc) is 3.69. The molecule has 0 saturated heterocycles. The Balaban J connectivity index is 1.27. The number of rotatable bonds is 9. The summed E-state index contributed by atoms with van der Waals surface area (Å²) in [5, 5.41) is 6.11. The van der Waals surface area contributed by atoms with Crippen molar-refractivity contribution >= 4 is 55.2 Å². The molecule has 0 radical (unpaired) electrons. The zero-order valence-electron chi connectivity index (χ0n) is 26.0. The Morgan fingerprint density at radius 2 is 1.96 bits per heavy atom. The van der Waals surface area contributed by atoms with E-state index in [2.05, 4.69) is 66.3 Å². The third-order valence-corrected chi connectivity index (χ3v) is 10.3. The van der Waals surface area contributed by atoms with Crippen LogP contribution in [0.1, 0.15) is 64.9 Å². The maximum Gasteiger partial charge on any atom is 0.255 e. The van der Waals surface area contributed by atoms with Crippen LogP contribution in [-0.2, 0) is 26.0 Å². The summed E-state index contributed by atoms with van der Waals surface area (Å²) in [5.74, 6) is 2.37. The molecule has 1 aliphatic rings. The number of halogens is 1. The summed E-state index contributed by atoms with van der Waals surface area (Å²) in [6.07, 6.45) is 6.29. The molecule has 2 heterocycles. The van der Waals surface area contributed by atoms with E-state index in [1.165, 1.54) is 10.3 Å².